The summed E-state index contributed by atoms with van der Waals surface area (Å²) in [6.07, 6.45) is 1.27. The minimum absolute atomic E-state index is 0.169. The van der Waals surface area contributed by atoms with Crippen LogP contribution in [0.4, 0.5) is 5.69 Å². The smallest absolute Gasteiger partial charge is 0.339 e. The average molecular weight is 351 g/mol. The lowest BCUT2D eigenvalue weighted by Gasteiger charge is -2.15. The number of carbonyl (C=O) groups is 2. The zero-order chi connectivity index (χ0) is 17.7. The van der Waals surface area contributed by atoms with Crippen molar-refractivity contribution < 1.29 is 23.8 Å². The molecule has 1 atom stereocenters. The third-order valence-corrected chi connectivity index (χ3v) is 3.35. The number of benzene rings is 1. The number of methoxy groups -OCH3 is 1. The van der Waals surface area contributed by atoms with Crippen molar-refractivity contribution >= 4 is 29.2 Å². The SMILES string of the molecule is COc1ccc(Cl)cc1NC(=O)[C@H](C)OC(=O)c1cc[n+]([O-])cc1. The maximum atomic E-state index is 12.2. The number of pyridine rings is 1. The fraction of sp³-hybridized carbons (Fsp3) is 0.188. The first-order chi connectivity index (χ1) is 11.4. The number of nitrogens with one attached hydrogen (secondary N) is 1. The van der Waals surface area contributed by atoms with E-state index >= 15 is 0 Å². The van der Waals surface area contributed by atoms with Crippen LogP contribution in [0, 0.1) is 5.21 Å². The van der Waals surface area contributed by atoms with E-state index in [0.717, 1.165) is 12.4 Å². The predicted molar refractivity (Wildman–Crippen MR) is 86.9 cm³/mol. The number of rotatable bonds is 5. The highest BCUT2D eigenvalue weighted by atomic mass is 35.5. The highest BCUT2D eigenvalue weighted by molar-refractivity contribution is 6.31. The quantitative estimate of drug-likeness (QED) is 0.507. The Labute approximate surface area is 143 Å². The minimum atomic E-state index is -1.05. The molecule has 1 heterocycles. The highest BCUT2D eigenvalue weighted by Gasteiger charge is 2.20. The van der Waals surface area contributed by atoms with Crippen LogP contribution in [0.5, 0.6) is 5.75 Å². The molecule has 8 heteroatoms. The zero-order valence-corrected chi connectivity index (χ0v) is 13.7. The van der Waals surface area contributed by atoms with Gasteiger partial charge >= 0.3 is 5.97 Å². The molecule has 0 aliphatic heterocycles. The summed E-state index contributed by atoms with van der Waals surface area (Å²) < 4.78 is 10.7. The van der Waals surface area contributed by atoms with Crippen molar-refractivity contribution in [1.82, 2.24) is 0 Å². The Kier molecular flexibility index (Phi) is 5.59. The van der Waals surface area contributed by atoms with E-state index in [4.69, 9.17) is 21.1 Å². The molecule has 2 aromatic rings. The first-order valence-electron chi connectivity index (χ1n) is 6.95. The molecule has 0 aliphatic carbocycles. The minimum Gasteiger partial charge on any atom is -0.619 e. The molecule has 0 bridgehead atoms. The lowest BCUT2D eigenvalue weighted by molar-refractivity contribution is -0.605. The van der Waals surface area contributed by atoms with Gasteiger partial charge in [0.15, 0.2) is 18.5 Å². The Morgan fingerprint density at radius 3 is 2.54 bits per heavy atom. The van der Waals surface area contributed by atoms with E-state index in [0.29, 0.717) is 21.2 Å². The Morgan fingerprint density at radius 2 is 1.92 bits per heavy atom. The third kappa shape index (κ3) is 4.36. The second-order valence-electron chi connectivity index (χ2n) is 4.83. The number of hydrogen-bond donors (Lipinski definition) is 1. The molecular weight excluding hydrogens is 336 g/mol. The third-order valence-electron chi connectivity index (χ3n) is 3.11. The zero-order valence-electron chi connectivity index (χ0n) is 13.0. The van der Waals surface area contributed by atoms with E-state index in [9.17, 15) is 14.8 Å². The molecule has 126 valence electrons. The van der Waals surface area contributed by atoms with Crippen LogP contribution in [-0.2, 0) is 9.53 Å². The number of hydrogen-bond acceptors (Lipinski definition) is 5. The first kappa shape index (κ1) is 17.6. The van der Waals surface area contributed by atoms with Gasteiger partial charge in [0.1, 0.15) is 5.75 Å². The lowest BCUT2D eigenvalue weighted by atomic mass is 10.2. The maximum Gasteiger partial charge on any atom is 0.339 e. The van der Waals surface area contributed by atoms with Gasteiger partial charge < -0.3 is 20.0 Å². The fourth-order valence-electron chi connectivity index (χ4n) is 1.84. The molecule has 0 fully saturated rings. The second kappa shape index (κ2) is 7.65. The number of carbonyl (C=O) groups excluding carboxylic acids is 2. The number of esters is 1. The Balaban J connectivity index is 2.03. The van der Waals surface area contributed by atoms with Gasteiger partial charge in [-0.2, -0.15) is 4.73 Å². The van der Waals surface area contributed by atoms with E-state index in [-0.39, 0.29) is 5.56 Å². The van der Waals surface area contributed by atoms with Crippen LogP contribution < -0.4 is 14.8 Å². The van der Waals surface area contributed by atoms with Gasteiger partial charge in [0.05, 0.1) is 18.4 Å². The number of ether oxygens (including phenoxy) is 2. The summed E-state index contributed by atoms with van der Waals surface area (Å²) in [6.45, 7) is 1.43. The van der Waals surface area contributed by atoms with Crippen molar-refractivity contribution in [1.29, 1.82) is 0 Å². The summed E-state index contributed by atoms with van der Waals surface area (Å²) in [5, 5.41) is 14.0. The van der Waals surface area contributed by atoms with E-state index in [1.54, 1.807) is 12.1 Å². The van der Waals surface area contributed by atoms with E-state index in [1.165, 1.54) is 32.2 Å². The van der Waals surface area contributed by atoms with Crippen LogP contribution in [0.15, 0.2) is 42.7 Å². The second-order valence-corrected chi connectivity index (χ2v) is 5.26. The van der Waals surface area contributed by atoms with Crippen LogP contribution in [0.3, 0.4) is 0 Å². The Hall–Kier alpha value is -2.80. The summed E-state index contributed by atoms with van der Waals surface area (Å²) in [4.78, 5) is 24.1. The summed E-state index contributed by atoms with van der Waals surface area (Å²) in [6, 6.07) is 7.37. The van der Waals surface area contributed by atoms with Crippen molar-refractivity contribution in [2.24, 2.45) is 0 Å². The molecule has 0 aliphatic rings. The van der Waals surface area contributed by atoms with Gasteiger partial charge in [-0.1, -0.05) is 11.6 Å². The molecule has 1 N–H and O–H groups in total. The molecule has 2 rings (SSSR count). The first-order valence-corrected chi connectivity index (χ1v) is 7.32. The molecule has 0 unspecified atom stereocenters. The molecule has 1 aromatic carbocycles. The average Bonchev–Trinajstić information content (AvgIpc) is 2.55. The number of anilines is 1. The van der Waals surface area contributed by atoms with Crippen LogP contribution in [0.25, 0.3) is 0 Å². The summed E-state index contributed by atoms with van der Waals surface area (Å²) in [7, 11) is 1.46. The van der Waals surface area contributed by atoms with Crippen LogP contribution >= 0.6 is 11.6 Å². The highest BCUT2D eigenvalue weighted by Crippen LogP contribution is 2.27. The molecule has 0 saturated heterocycles. The van der Waals surface area contributed by atoms with Crippen molar-refractivity contribution in [3.63, 3.8) is 0 Å². The van der Waals surface area contributed by atoms with Gasteiger partial charge in [0.25, 0.3) is 5.91 Å². The van der Waals surface area contributed by atoms with Gasteiger partial charge in [-0.25, -0.2) is 4.79 Å². The maximum absolute atomic E-state index is 12.2. The molecule has 0 spiro atoms. The van der Waals surface area contributed by atoms with Crippen LogP contribution in [-0.4, -0.2) is 25.1 Å². The number of amides is 1. The molecule has 1 amide bonds. The standard InChI is InChI=1S/C16H15ClN2O5/c1-10(24-16(21)11-5-7-19(22)8-6-11)15(20)18-13-9-12(17)3-4-14(13)23-2/h3-10H,1-2H3,(H,18,20)/t10-/m0/s1. The topological polar surface area (TPSA) is 91.6 Å². The van der Waals surface area contributed by atoms with Crippen molar-refractivity contribution in [3.8, 4) is 5.75 Å². The van der Waals surface area contributed by atoms with E-state index in [2.05, 4.69) is 5.32 Å². The van der Waals surface area contributed by atoms with Gasteiger partial charge in [-0.05, 0) is 25.1 Å². The number of aromatic nitrogens is 1. The number of nitrogens with zero attached hydrogens (tertiary/aromatic N) is 1. The van der Waals surface area contributed by atoms with Gasteiger partial charge in [0, 0.05) is 17.2 Å². The summed E-state index contributed by atoms with van der Waals surface area (Å²) >= 11 is 5.89. The summed E-state index contributed by atoms with van der Waals surface area (Å²) in [5.41, 5.74) is 0.534. The molecular formula is C16H15ClN2O5. The largest absolute Gasteiger partial charge is 0.619 e. The van der Waals surface area contributed by atoms with Crippen molar-refractivity contribution in [3.05, 3.63) is 58.5 Å². The van der Waals surface area contributed by atoms with E-state index in [1.807, 2.05) is 0 Å². The van der Waals surface area contributed by atoms with Gasteiger partial charge in [-0.15, -0.1) is 0 Å². The Bertz CT molecular complexity index is 749. The van der Waals surface area contributed by atoms with Crippen molar-refractivity contribution in [2.75, 3.05) is 12.4 Å². The summed E-state index contributed by atoms with van der Waals surface area (Å²) in [5.74, 6) is -0.829. The molecule has 1 aromatic heterocycles. The monoisotopic (exact) mass is 350 g/mol. The van der Waals surface area contributed by atoms with Crippen LogP contribution in [0.2, 0.25) is 5.02 Å². The predicted octanol–water partition coefficient (Wildman–Crippen LogP) is 2.17. The normalized spacial score (nSPS) is 11.5. The molecule has 7 nitrogen and oxygen atoms in total. The number of halogens is 1. The lowest BCUT2D eigenvalue weighted by Crippen LogP contribution is -2.30. The van der Waals surface area contributed by atoms with Crippen LogP contribution in [0.1, 0.15) is 17.3 Å². The van der Waals surface area contributed by atoms with Crippen molar-refractivity contribution in [2.45, 2.75) is 13.0 Å². The molecule has 0 radical (unpaired) electrons. The Morgan fingerprint density at radius 1 is 1.25 bits per heavy atom. The molecule has 24 heavy (non-hydrogen) atoms. The molecule has 0 saturated carbocycles. The van der Waals surface area contributed by atoms with E-state index < -0.39 is 18.0 Å². The van der Waals surface area contributed by atoms with Gasteiger partial charge in [-0.3, -0.25) is 4.79 Å². The van der Waals surface area contributed by atoms with Gasteiger partial charge in [0.2, 0.25) is 0 Å². The fourth-order valence-corrected chi connectivity index (χ4v) is 2.02.